The predicted octanol–water partition coefficient (Wildman–Crippen LogP) is 2.97. The zero-order valence-electron chi connectivity index (χ0n) is 10.9. The molecular formula is C14H22N2O. The molecule has 0 amide bonds. The Morgan fingerprint density at radius 2 is 2.18 bits per heavy atom. The lowest BCUT2D eigenvalue weighted by Gasteiger charge is -2.15. The molecule has 1 atom stereocenters. The van der Waals surface area contributed by atoms with Crippen LogP contribution in [-0.2, 0) is 4.74 Å². The van der Waals surface area contributed by atoms with Crippen molar-refractivity contribution in [3.05, 3.63) is 41.9 Å². The van der Waals surface area contributed by atoms with Gasteiger partial charge >= 0.3 is 0 Å². The number of aryl methyl sites for hydroxylation is 1. The first-order chi connectivity index (χ1) is 7.99. The molecule has 0 radical (unpaired) electrons. The summed E-state index contributed by atoms with van der Waals surface area (Å²) in [6, 6.07) is 3.87. The van der Waals surface area contributed by atoms with Gasteiger partial charge in [0.1, 0.15) is 0 Å². The Kier molecular flexibility index (Phi) is 5.16. The molecule has 1 rings (SSSR count). The van der Waals surface area contributed by atoms with Gasteiger partial charge in [0, 0.05) is 24.4 Å². The normalized spacial score (nSPS) is 12.5. The number of pyridine rings is 1. The summed E-state index contributed by atoms with van der Waals surface area (Å²) in [6.07, 6.45) is 2.45. The van der Waals surface area contributed by atoms with Crippen molar-refractivity contribution in [2.24, 2.45) is 11.7 Å². The highest BCUT2D eigenvalue weighted by Gasteiger charge is 2.09. The Bertz CT molecular complexity index is 357. The number of ether oxygens (including phenoxy) is 1. The number of hydrogen-bond acceptors (Lipinski definition) is 3. The molecule has 0 saturated heterocycles. The summed E-state index contributed by atoms with van der Waals surface area (Å²) in [7, 11) is 0. The van der Waals surface area contributed by atoms with Crippen molar-refractivity contribution in [2.45, 2.75) is 33.2 Å². The van der Waals surface area contributed by atoms with Gasteiger partial charge in [0.15, 0.2) is 0 Å². The van der Waals surface area contributed by atoms with E-state index in [9.17, 15) is 0 Å². The molecule has 0 aliphatic carbocycles. The van der Waals surface area contributed by atoms with Crippen molar-refractivity contribution >= 4 is 0 Å². The van der Waals surface area contributed by atoms with Gasteiger partial charge in [-0.05, 0) is 24.5 Å². The first-order valence-electron chi connectivity index (χ1n) is 5.97. The Labute approximate surface area is 104 Å². The summed E-state index contributed by atoms with van der Waals surface area (Å²) in [5, 5.41) is 0. The highest BCUT2D eigenvalue weighted by Crippen LogP contribution is 2.18. The Morgan fingerprint density at radius 1 is 1.47 bits per heavy atom. The highest BCUT2D eigenvalue weighted by molar-refractivity contribution is 5.17. The minimum Gasteiger partial charge on any atom is -0.498 e. The third kappa shape index (κ3) is 5.00. The minimum absolute atomic E-state index is 0.0947. The van der Waals surface area contributed by atoms with Gasteiger partial charge in [0.25, 0.3) is 0 Å². The van der Waals surface area contributed by atoms with Crippen molar-refractivity contribution in [1.82, 2.24) is 4.98 Å². The van der Waals surface area contributed by atoms with Crippen LogP contribution in [-0.4, -0.2) is 11.6 Å². The lowest BCUT2D eigenvalue weighted by Crippen LogP contribution is -2.13. The first kappa shape index (κ1) is 13.7. The molecule has 2 N–H and O–H groups in total. The number of hydrogen-bond donors (Lipinski definition) is 1. The average molecular weight is 234 g/mol. The van der Waals surface area contributed by atoms with Crippen LogP contribution in [0.3, 0.4) is 0 Å². The van der Waals surface area contributed by atoms with Gasteiger partial charge in [-0.2, -0.15) is 0 Å². The van der Waals surface area contributed by atoms with E-state index in [1.165, 1.54) is 0 Å². The van der Waals surface area contributed by atoms with Gasteiger partial charge in [-0.15, -0.1) is 0 Å². The molecule has 0 aliphatic heterocycles. The summed E-state index contributed by atoms with van der Waals surface area (Å²) in [4.78, 5) is 4.23. The van der Waals surface area contributed by atoms with Crippen molar-refractivity contribution in [2.75, 3.05) is 6.61 Å². The van der Waals surface area contributed by atoms with Crippen LogP contribution in [0, 0.1) is 12.8 Å². The number of nitrogens with zero attached hydrogens (tertiary/aromatic N) is 1. The molecule has 0 saturated carbocycles. The predicted molar refractivity (Wildman–Crippen MR) is 70.4 cm³/mol. The van der Waals surface area contributed by atoms with E-state index in [0.717, 1.165) is 17.0 Å². The molecule has 0 spiro atoms. The van der Waals surface area contributed by atoms with Crippen LogP contribution in [0.2, 0.25) is 0 Å². The summed E-state index contributed by atoms with van der Waals surface area (Å²) >= 11 is 0. The summed E-state index contributed by atoms with van der Waals surface area (Å²) in [5.74, 6) is 1.25. The van der Waals surface area contributed by atoms with Crippen molar-refractivity contribution in [3.8, 4) is 0 Å². The van der Waals surface area contributed by atoms with E-state index in [2.05, 4.69) is 25.4 Å². The fourth-order valence-corrected chi connectivity index (χ4v) is 1.41. The fourth-order valence-electron chi connectivity index (χ4n) is 1.41. The highest BCUT2D eigenvalue weighted by atomic mass is 16.5. The molecule has 0 fully saturated rings. The molecular weight excluding hydrogens is 212 g/mol. The maximum Gasteiger partial charge on any atom is 0.0907 e. The summed E-state index contributed by atoms with van der Waals surface area (Å²) in [6.45, 7) is 10.8. The maximum absolute atomic E-state index is 6.07. The van der Waals surface area contributed by atoms with Crippen LogP contribution >= 0.6 is 0 Å². The van der Waals surface area contributed by atoms with E-state index in [4.69, 9.17) is 10.5 Å². The number of aromatic nitrogens is 1. The first-order valence-corrected chi connectivity index (χ1v) is 5.97. The minimum atomic E-state index is -0.0947. The lowest BCUT2D eigenvalue weighted by atomic mass is 10.1. The zero-order valence-corrected chi connectivity index (χ0v) is 10.9. The van der Waals surface area contributed by atoms with Gasteiger partial charge in [0.05, 0.1) is 12.4 Å². The third-order valence-electron chi connectivity index (χ3n) is 2.43. The van der Waals surface area contributed by atoms with Crippen LogP contribution in [0.4, 0.5) is 0 Å². The van der Waals surface area contributed by atoms with Gasteiger partial charge in [0.2, 0.25) is 0 Å². The molecule has 0 aliphatic rings. The second kappa shape index (κ2) is 6.40. The second-order valence-electron chi connectivity index (χ2n) is 4.79. The zero-order chi connectivity index (χ0) is 12.8. The smallest absolute Gasteiger partial charge is 0.0907 e. The van der Waals surface area contributed by atoms with Crippen LogP contribution in [0.1, 0.15) is 37.6 Å². The molecule has 0 aromatic carbocycles. The Balaban J connectivity index is 2.46. The topological polar surface area (TPSA) is 48.1 Å². The number of nitrogens with two attached hydrogens (primary N) is 1. The molecule has 1 aromatic heterocycles. The molecule has 94 valence electrons. The van der Waals surface area contributed by atoms with Gasteiger partial charge in [-0.3, -0.25) is 4.98 Å². The van der Waals surface area contributed by atoms with Gasteiger partial charge < -0.3 is 10.5 Å². The van der Waals surface area contributed by atoms with Crippen LogP contribution < -0.4 is 5.73 Å². The van der Waals surface area contributed by atoms with E-state index in [1.807, 2.05) is 25.3 Å². The van der Waals surface area contributed by atoms with Crippen LogP contribution in [0.25, 0.3) is 0 Å². The standard InChI is InChI=1S/C14H22N2O/c1-10(2)9-17-12(4)7-14(15)13-6-5-11(3)16-8-13/h5-6,8,10,14H,4,7,9,15H2,1-3H3. The van der Waals surface area contributed by atoms with E-state index < -0.39 is 0 Å². The molecule has 0 bridgehead atoms. The van der Waals surface area contributed by atoms with E-state index in [0.29, 0.717) is 18.9 Å². The van der Waals surface area contributed by atoms with E-state index >= 15 is 0 Å². The van der Waals surface area contributed by atoms with Crippen molar-refractivity contribution in [3.63, 3.8) is 0 Å². The molecule has 3 nitrogen and oxygen atoms in total. The SMILES string of the molecule is C=C(CC(N)c1ccc(C)nc1)OCC(C)C. The molecule has 3 heteroatoms. The quantitative estimate of drug-likeness (QED) is 0.770. The van der Waals surface area contributed by atoms with Crippen molar-refractivity contribution < 1.29 is 4.74 Å². The lowest BCUT2D eigenvalue weighted by molar-refractivity contribution is 0.169. The second-order valence-corrected chi connectivity index (χ2v) is 4.79. The maximum atomic E-state index is 6.07. The monoisotopic (exact) mass is 234 g/mol. The van der Waals surface area contributed by atoms with Crippen LogP contribution in [0.15, 0.2) is 30.7 Å². The van der Waals surface area contributed by atoms with Crippen molar-refractivity contribution in [1.29, 1.82) is 0 Å². The summed E-state index contributed by atoms with van der Waals surface area (Å²) in [5.41, 5.74) is 8.09. The fraction of sp³-hybridized carbons (Fsp3) is 0.500. The summed E-state index contributed by atoms with van der Waals surface area (Å²) < 4.78 is 5.52. The molecule has 1 heterocycles. The third-order valence-corrected chi connectivity index (χ3v) is 2.43. The van der Waals surface area contributed by atoms with E-state index in [1.54, 1.807) is 0 Å². The number of rotatable bonds is 6. The van der Waals surface area contributed by atoms with E-state index in [-0.39, 0.29) is 6.04 Å². The Morgan fingerprint density at radius 3 is 2.71 bits per heavy atom. The average Bonchev–Trinajstić information content (AvgIpc) is 2.27. The molecule has 17 heavy (non-hydrogen) atoms. The molecule has 1 aromatic rings. The van der Waals surface area contributed by atoms with Crippen LogP contribution in [0.5, 0.6) is 0 Å². The molecule has 1 unspecified atom stereocenters. The van der Waals surface area contributed by atoms with Gasteiger partial charge in [-0.1, -0.05) is 26.5 Å². The largest absolute Gasteiger partial charge is 0.498 e. The Hall–Kier alpha value is -1.35. The van der Waals surface area contributed by atoms with Gasteiger partial charge in [-0.25, -0.2) is 0 Å².